The molecule has 6 heteroatoms. The van der Waals surface area contributed by atoms with Gasteiger partial charge < -0.3 is 5.32 Å². The van der Waals surface area contributed by atoms with Gasteiger partial charge in [0.15, 0.2) is 0 Å². The Morgan fingerprint density at radius 3 is 1.96 bits per heavy atom. The second-order valence-corrected chi connectivity index (χ2v) is 7.92. The largest absolute Gasteiger partial charge is 0.356 e. The molecule has 0 unspecified atom stereocenters. The molecule has 0 aromatic heterocycles. The smallest absolute Gasteiger partial charge is 0.262 e. The molecule has 0 aliphatic rings. The predicted octanol–water partition coefficient (Wildman–Crippen LogP) is 4.72. The molecule has 0 saturated carbocycles. The highest BCUT2D eigenvalue weighted by atomic mass is 32.2. The van der Waals surface area contributed by atoms with E-state index in [2.05, 4.69) is 16.1 Å². The van der Waals surface area contributed by atoms with E-state index < -0.39 is 10.0 Å². The molecule has 2 N–H and O–H groups in total. The van der Waals surface area contributed by atoms with Crippen molar-refractivity contribution in [2.75, 3.05) is 10.0 Å². The van der Waals surface area contributed by atoms with Crippen molar-refractivity contribution in [3.63, 3.8) is 0 Å². The number of rotatable bonds is 5. The number of hydrogen-bond donors (Lipinski definition) is 2. The Morgan fingerprint density at radius 1 is 0.815 bits per heavy atom. The zero-order chi connectivity index (χ0) is 19.4. The molecule has 3 rings (SSSR count). The summed E-state index contributed by atoms with van der Waals surface area (Å²) in [5, 5.41) is 12.0. The van der Waals surface area contributed by atoms with Crippen LogP contribution in [0.2, 0.25) is 0 Å². The fourth-order valence-corrected chi connectivity index (χ4v) is 4.01. The minimum absolute atomic E-state index is 0.280. The van der Waals surface area contributed by atoms with E-state index in [0.29, 0.717) is 16.8 Å². The third-order valence-electron chi connectivity index (χ3n) is 4.07. The van der Waals surface area contributed by atoms with Crippen LogP contribution in [-0.4, -0.2) is 8.42 Å². The van der Waals surface area contributed by atoms with Crippen LogP contribution in [0.4, 0.5) is 17.1 Å². The van der Waals surface area contributed by atoms with E-state index in [0.717, 1.165) is 16.9 Å². The van der Waals surface area contributed by atoms with E-state index >= 15 is 0 Å². The van der Waals surface area contributed by atoms with Crippen molar-refractivity contribution in [3.8, 4) is 6.07 Å². The predicted molar refractivity (Wildman–Crippen MR) is 108 cm³/mol. The third-order valence-corrected chi connectivity index (χ3v) is 5.60. The molecular formula is C21H19N3O2S. The first kappa shape index (κ1) is 18.5. The maximum Gasteiger partial charge on any atom is 0.262 e. The Kier molecular flexibility index (Phi) is 5.15. The minimum atomic E-state index is -3.65. The highest BCUT2D eigenvalue weighted by Gasteiger charge is 2.17. The van der Waals surface area contributed by atoms with E-state index in [1.165, 1.54) is 0 Å². The summed E-state index contributed by atoms with van der Waals surface area (Å²) in [6.07, 6.45) is 0. The monoisotopic (exact) mass is 377 g/mol. The summed E-state index contributed by atoms with van der Waals surface area (Å²) in [5.41, 5.74) is 4.33. The van der Waals surface area contributed by atoms with Crippen LogP contribution in [0, 0.1) is 25.2 Å². The molecule has 3 aromatic carbocycles. The molecular weight excluding hydrogens is 358 g/mol. The van der Waals surface area contributed by atoms with Gasteiger partial charge in [0, 0.05) is 17.1 Å². The fraction of sp³-hybridized carbons (Fsp3) is 0.0952. The van der Waals surface area contributed by atoms with Gasteiger partial charge in [-0.15, -0.1) is 0 Å². The van der Waals surface area contributed by atoms with Gasteiger partial charge in [-0.2, -0.15) is 5.26 Å². The lowest BCUT2D eigenvalue weighted by Gasteiger charge is -2.12. The first-order valence-corrected chi connectivity index (χ1v) is 9.83. The molecule has 136 valence electrons. The van der Waals surface area contributed by atoms with Crippen LogP contribution in [0.5, 0.6) is 0 Å². The minimum Gasteiger partial charge on any atom is -0.356 e. The van der Waals surface area contributed by atoms with E-state index in [9.17, 15) is 8.42 Å². The number of aryl methyl sites for hydroxylation is 2. The lowest BCUT2D eigenvalue weighted by Crippen LogP contribution is -2.14. The van der Waals surface area contributed by atoms with Crippen molar-refractivity contribution in [1.29, 1.82) is 5.26 Å². The van der Waals surface area contributed by atoms with Crippen LogP contribution < -0.4 is 10.0 Å². The van der Waals surface area contributed by atoms with Gasteiger partial charge in [0.2, 0.25) is 0 Å². The molecule has 0 bridgehead atoms. The Bertz CT molecular complexity index is 1100. The van der Waals surface area contributed by atoms with Crippen LogP contribution in [0.15, 0.2) is 71.6 Å². The van der Waals surface area contributed by atoms with Gasteiger partial charge in [0.05, 0.1) is 16.5 Å². The first-order chi connectivity index (χ1) is 12.9. The number of benzene rings is 3. The summed E-state index contributed by atoms with van der Waals surface area (Å²) >= 11 is 0. The van der Waals surface area contributed by atoms with Crippen molar-refractivity contribution in [1.82, 2.24) is 0 Å². The van der Waals surface area contributed by atoms with Crippen LogP contribution in [0.1, 0.15) is 16.7 Å². The average molecular weight is 377 g/mol. The fourth-order valence-electron chi connectivity index (χ4n) is 2.62. The van der Waals surface area contributed by atoms with Gasteiger partial charge in [0.1, 0.15) is 0 Å². The lowest BCUT2D eigenvalue weighted by molar-refractivity contribution is 0.600. The molecule has 0 heterocycles. The Hall–Kier alpha value is -3.30. The number of nitrogens with one attached hydrogen (secondary N) is 2. The summed E-state index contributed by atoms with van der Waals surface area (Å²) < 4.78 is 27.9. The molecule has 0 saturated heterocycles. The molecule has 0 spiro atoms. The van der Waals surface area contributed by atoms with Crippen molar-refractivity contribution >= 4 is 27.1 Å². The molecule has 0 aliphatic carbocycles. The molecule has 5 nitrogen and oxygen atoms in total. The van der Waals surface area contributed by atoms with Gasteiger partial charge in [-0.1, -0.05) is 12.1 Å². The third kappa shape index (κ3) is 4.46. The summed E-state index contributed by atoms with van der Waals surface area (Å²) in [6.45, 7) is 3.64. The number of sulfonamides is 1. The van der Waals surface area contributed by atoms with Gasteiger partial charge in [0.25, 0.3) is 10.0 Å². The number of nitrogens with zero attached hydrogens (tertiary/aromatic N) is 1. The molecule has 0 aliphatic heterocycles. The first-order valence-electron chi connectivity index (χ1n) is 8.35. The van der Waals surface area contributed by atoms with Crippen LogP contribution in [0.3, 0.4) is 0 Å². The number of hydrogen-bond acceptors (Lipinski definition) is 4. The quantitative estimate of drug-likeness (QED) is 0.674. The number of nitriles is 1. The van der Waals surface area contributed by atoms with E-state index in [1.807, 2.05) is 25.1 Å². The molecule has 0 fully saturated rings. The summed E-state index contributed by atoms with van der Waals surface area (Å²) in [6, 6.07) is 21.5. The van der Waals surface area contributed by atoms with Crippen LogP contribution in [0.25, 0.3) is 0 Å². The van der Waals surface area contributed by atoms with Gasteiger partial charge in [-0.3, -0.25) is 4.72 Å². The summed E-state index contributed by atoms with van der Waals surface area (Å²) in [7, 11) is -3.65. The molecule has 3 aromatic rings. The Morgan fingerprint density at radius 2 is 1.37 bits per heavy atom. The van der Waals surface area contributed by atoms with E-state index in [4.69, 9.17) is 5.26 Å². The van der Waals surface area contributed by atoms with Crippen LogP contribution >= 0.6 is 0 Å². The SMILES string of the molecule is Cc1ccc(C)c(S(=O)(=O)Nc2ccc(Nc3ccc(C#N)cc3)cc2)c1. The normalized spacial score (nSPS) is 10.9. The van der Waals surface area contributed by atoms with E-state index in [1.54, 1.807) is 55.5 Å². The Balaban J connectivity index is 1.75. The van der Waals surface area contributed by atoms with Crippen molar-refractivity contribution in [2.24, 2.45) is 0 Å². The van der Waals surface area contributed by atoms with Crippen molar-refractivity contribution in [3.05, 3.63) is 83.4 Å². The maximum absolute atomic E-state index is 12.7. The summed E-state index contributed by atoms with van der Waals surface area (Å²) in [5.74, 6) is 0. The van der Waals surface area contributed by atoms with Crippen molar-refractivity contribution in [2.45, 2.75) is 18.7 Å². The molecule has 0 amide bonds. The molecule has 0 atom stereocenters. The van der Waals surface area contributed by atoms with Gasteiger partial charge in [-0.25, -0.2) is 8.42 Å². The highest BCUT2D eigenvalue weighted by Crippen LogP contribution is 2.23. The lowest BCUT2D eigenvalue weighted by atomic mass is 10.2. The second-order valence-electron chi connectivity index (χ2n) is 6.27. The zero-order valence-corrected chi connectivity index (χ0v) is 15.8. The topological polar surface area (TPSA) is 82.0 Å². The Labute approximate surface area is 159 Å². The maximum atomic E-state index is 12.7. The standard InChI is InChI=1S/C21H19N3O2S/c1-15-3-4-16(2)21(13-15)27(25,26)24-20-11-9-19(10-12-20)23-18-7-5-17(14-22)6-8-18/h3-13,23-24H,1-2H3. The second kappa shape index (κ2) is 7.52. The summed E-state index contributed by atoms with van der Waals surface area (Å²) in [4.78, 5) is 0.280. The van der Waals surface area contributed by atoms with Crippen LogP contribution in [-0.2, 0) is 10.0 Å². The number of anilines is 3. The van der Waals surface area contributed by atoms with Crippen molar-refractivity contribution < 1.29 is 8.42 Å². The van der Waals surface area contributed by atoms with Gasteiger partial charge >= 0.3 is 0 Å². The molecule has 0 radical (unpaired) electrons. The molecule has 27 heavy (non-hydrogen) atoms. The highest BCUT2D eigenvalue weighted by molar-refractivity contribution is 7.92. The van der Waals surface area contributed by atoms with E-state index in [-0.39, 0.29) is 4.90 Å². The zero-order valence-electron chi connectivity index (χ0n) is 15.0. The van der Waals surface area contributed by atoms with Gasteiger partial charge in [-0.05, 0) is 79.6 Å². The average Bonchev–Trinajstić information content (AvgIpc) is 2.65.